The Kier molecular flexibility index (Phi) is 4.39. The lowest BCUT2D eigenvalue weighted by Crippen LogP contribution is -2.26. The van der Waals surface area contributed by atoms with Gasteiger partial charge in [-0.1, -0.05) is 13.8 Å². The molecule has 0 aliphatic carbocycles. The van der Waals surface area contributed by atoms with Crippen LogP contribution in [0, 0.1) is 40.3 Å². The van der Waals surface area contributed by atoms with Gasteiger partial charge in [-0.05, 0) is 24.1 Å². The van der Waals surface area contributed by atoms with Gasteiger partial charge in [-0.3, -0.25) is 4.79 Å². The van der Waals surface area contributed by atoms with E-state index in [2.05, 4.69) is 5.32 Å². The maximum Gasteiger partial charge on any atom is 0.242 e. The maximum atomic E-state index is 12.9. The van der Waals surface area contributed by atoms with Crippen LogP contribution in [0.25, 0.3) is 0 Å². The molecule has 0 radical (unpaired) electrons. The van der Waals surface area contributed by atoms with Crippen molar-refractivity contribution in [3.8, 4) is 12.1 Å². The summed E-state index contributed by atoms with van der Waals surface area (Å²) < 4.78 is 12.9. The summed E-state index contributed by atoms with van der Waals surface area (Å²) >= 11 is 0. The van der Waals surface area contributed by atoms with Crippen LogP contribution in [-0.4, -0.2) is 5.91 Å². The molecule has 92 valence electrons. The number of rotatable bonds is 3. The summed E-state index contributed by atoms with van der Waals surface area (Å²) in [6.45, 7) is 3.51. The Bertz CT molecular complexity index is 540. The largest absolute Gasteiger partial charge is 0.324 e. The third kappa shape index (κ3) is 3.05. The second-order valence-corrected chi connectivity index (χ2v) is 4.14. The standard InChI is InChI=1S/C13H12FN3O/c1-8(2)11(7-16)13(18)17-12-4-3-10(14)5-9(12)6-15/h3-5,8,11H,1-2H3,(H,17,18). The molecule has 1 unspecified atom stereocenters. The predicted molar refractivity (Wildman–Crippen MR) is 63.7 cm³/mol. The molecule has 1 aromatic carbocycles. The van der Waals surface area contributed by atoms with Crippen molar-refractivity contribution in [1.82, 2.24) is 0 Å². The van der Waals surface area contributed by atoms with Crippen molar-refractivity contribution in [3.63, 3.8) is 0 Å². The van der Waals surface area contributed by atoms with Crippen LogP contribution in [0.1, 0.15) is 19.4 Å². The summed E-state index contributed by atoms with van der Waals surface area (Å²) in [5.41, 5.74) is 0.244. The summed E-state index contributed by atoms with van der Waals surface area (Å²) in [7, 11) is 0. The van der Waals surface area contributed by atoms with Crippen LogP contribution in [0.2, 0.25) is 0 Å². The molecule has 4 nitrogen and oxygen atoms in total. The van der Waals surface area contributed by atoms with Gasteiger partial charge in [0.15, 0.2) is 0 Å². The van der Waals surface area contributed by atoms with Crippen LogP contribution in [0.4, 0.5) is 10.1 Å². The van der Waals surface area contributed by atoms with Crippen LogP contribution in [0.15, 0.2) is 18.2 Å². The lowest BCUT2D eigenvalue weighted by molar-refractivity contribution is -0.119. The second-order valence-electron chi connectivity index (χ2n) is 4.14. The molecule has 1 rings (SSSR count). The van der Waals surface area contributed by atoms with Gasteiger partial charge in [-0.15, -0.1) is 0 Å². The molecule has 0 spiro atoms. The minimum Gasteiger partial charge on any atom is -0.324 e. The average Bonchev–Trinajstić information content (AvgIpc) is 2.31. The highest BCUT2D eigenvalue weighted by molar-refractivity contribution is 5.95. The van der Waals surface area contributed by atoms with Crippen LogP contribution in [0.3, 0.4) is 0 Å². The third-order valence-corrected chi connectivity index (χ3v) is 2.45. The zero-order valence-electron chi connectivity index (χ0n) is 10.1. The molecule has 0 saturated carbocycles. The molecule has 0 bridgehead atoms. The van der Waals surface area contributed by atoms with E-state index in [0.717, 1.165) is 12.1 Å². The van der Waals surface area contributed by atoms with Gasteiger partial charge in [0.05, 0.1) is 17.3 Å². The number of nitrogens with one attached hydrogen (secondary N) is 1. The number of benzene rings is 1. The topological polar surface area (TPSA) is 76.7 Å². The van der Waals surface area contributed by atoms with Crippen molar-refractivity contribution in [3.05, 3.63) is 29.6 Å². The summed E-state index contributed by atoms with van der Waals surface area (Å²) in [5, 5.41) is 20.2. The Morgan fingerprint density at radius 3 is 2.56 bits per heavy atom. The number of nitriles is 2. The van der Waals surface area contributed by atoms with Crippen molar-refractivity contribution in [2.75, 3.05) is 5.32 Å². The number of amides is 1. The molecule has 1 atom stereocenters. The van der Waals surface area contributed by atoms with Crippen LogP contribution < -0.4 is 5.32 Å². The maximum absolute atomic E-state index is 12.9. The fraction of sp³-hybridized carbons (Fsp3) is 0.308. The number of hydrogen-bond donors (Lipinski definition) is 1. The molecule has 1 aromatic rings. The molecule has 5 heteroatoms. The minimum atomic E-state index is -0.804. The second kappa shape index (κ2) is 5.79. The van der Waals surface area contributed by atoms with E-state index >= 15 is 0 Å². The molecule has 1 amide bonds. The van der Waals surface area contributed by atoms with Gasteiger partial charge >= 0.3 is 0 Å². The molecule has 18 heavy (non-hydrogen) atoms. The van der Waals surface area contributed by atoms with E-state index in [1.54, 1.807) is 19.9 Å². The van der Waals surface area contributed by atoms with Crippen molar-refractivity contribution in [1.29, 1.82) is 10.5 Å². The average molecular weight is 245 g/mol. The highest BCUT2D eigenvalue weighted by Gasteiger charge is 2.22. The van der Waals surface area contributed by atoms with E-state index in [1.807, 2.05) is 6.07 Å². The Balaban J connectivity index is 2.96. The molecule has 1 N–H and O–H groups in total. The van der Waals surface area contributed by atoms with Crippen LogP contribution >= 0.6 is 0 Å². The van der Waals surface area contributed by atoms with Gasteiger partial charge < -0.3 is 5.32 Å². The van der Waals surface area contributed by atoms with Crippen molar-refractivity contribution in [2.45, 2.75) is 13.8 Å². The smallest absolute Gasteiger partial charge is 0.242 e. The highest BCUT2D eigenvalue weighted by atomic mass is 19.1. The molecular formula is C13H12FN3O. The summed E-state index contributed by atoms with van der Waals surface area (Å²) in [6.07, 6.45) is 0. The van der Waals surface area contributed by atoms with Crippen molar-refractivity contribution >= 4 is 11.6 Å². The van der Waals surface area contributed by atoms with Crippen molar-refractivity contribution < 1.29 is 9.18 Å². The lowest BCUT2D eigenvalue weighted by Gasteiger charge is -2.13. The van der Waals surface area contributed by atoms with E-state index < -0.39 is 17.6 Å². The van der Waals surface area contributed by atoms with Crippen LogP contribution in [-0.2, 0) is 4.79 Å². The highest BCUT2D eigenvalue weighted by Crippen LogP contribution is 2.18. The van der Waals surface area contributed by atoms with Crippen molar-refractivity contribution in [2.24, 2.45) is 11.8 Å². The number of hydrogen-bond acceptors (Lipinski definition) is 3. The normalized spacial score (nSPS) is 11.4. The molecule has 0 fully saturated rings. The number of nitrogens with zero attached hydrogens (tertiary/aromatic N) is 2. The quantitative estimate of drug-likeness (QED) is 0.888. The van der Waals surface area contributed by atoms with Gasteiger partial charge in [-0.25, -0.2) is 4.39 Å². The summed E-state index contributed by atoms with van der Waals surface area (Å²) in [5.74, 6) is -1.98. The monoisotopic (exact) mass is 245 g/mol. The zero-order chi connectivity index (χ0) is 13.7. The number of halogens is 1. The van der Waals surface area contributed by atoms with E-state index in [1.165, 1.54) is 6.07 Å². The summed E-state index contributed by atoms with van der Waals surface area (Å²) in [4.78, 5) is 11.8. The number of carbonyl (C=O) groups is 1. The number of anilines is 1. The lowest BCUT2D eigenvalue weighted by atomic mass is 9.96. The SMILES string of the molecule is CC(C)C(C#N)C(=O)Nc1ccc(F)cc1C#N. The first-order valence-corrected chi connectivity index (χ1v) is 5.39. The van der Waals surface area contributed by atoms with Crippen LogP contribution in [0.5, 0.6) is 0 Å². The van der Waals surface area contributed by atoms with Gasteiger partial charge in [0, 0.05) is 0 Å². The van der Waals surface area contributed by atoms with Gasteiger partial charge in [0.25, 0.3) is 0 Å². The summed E-state index contributed by atoms with van der Waals surface area (Å²) in [6, 6.07) is 7.18. The first kappa shape index (κ1) is 13.7. The Labute approximate surface area is 105 Å². The molecule has 0 aliphatic heterocycles. The predicted octanol–water partition coefficient (Wildman–Crippen LogP) is 2.43. The molecular weight excluding hydrogens is 233 g/mol. The van der Waals surface area contributed by atoms with Gasteiger partial charge in [0.2, 0.25) is 5.91 Å². The Morgan fingerprint density at radius 1 is 1.39 bits per heavy atom. The first-order chi connectivity index (χ1) is 8.49. The Morgan fingerprint density at radius 2 is 2.06 bits per heavy atom. The Hall–Kier alpha value is -2.40. The van der Waals surface area contributed by atoms with Gasteiger partial charge in [0.1, 0.15) is 17.8 Å². The fourth-order valence-corrected chi connectivity index (χ4v) is 1.44. The van der Waals surface area contributed by atoms with Gasteiger partial charge in [-0.2, -0.15) is 10.5 Å². The molecule has 0 aromatic heterocycles. The van der Waals surface area contributed by atoms with E-state index in [9.17, 15) is 9.18 Å². The van der Waals surface area contributed by atoms with E-state index in [4.69, 9.17) is 10.5 Å². The molecule has 0 saturated heterocycles. The number of carbonyl (C=O) groups excluding carboxylic acids is 1. The fourth-order valence-electron chi connectivity index (χ4n) is 1.44. The first-order valence-electron chi connectivity index (χ1n) is 5.39. The third-order valence-electron chi connectivity index (χ3n) is 2.45. The van der Waals surface area contributed by atoms with E-state index in [0.29, 0.717) is 0 Å². The van der Waals surface area contributed by atoms with E-state index in [-0.39, 0.29) is 17.2 Å². The minimum absolute atomic E-state index is 0.0313. The molecule has 0 aliphatic rings. The molecule has 0 heterocycles. The zero-order valence-corrected chi connectivity index (χ0v) is 10.1.